The number of hydrogen-bond acceptors (Lipinski definition) is 2. The molecule has 0 aromatic heterocycles. The molecule has 0 atom stereocenters. The fraction of sp³-hybridized carbons (Fsp3) is 0.273. The Bertz CT molecular complexity index is 418. The zero-order chi connectivity index (χ0) is 12.1. The lowest BCUT2D eigenvalue weighted by Crippen LogP contribution is -2.13. The topological polar surface area (TPSA) is 66.4 Å². The molecule has 86 valence electrons. The van der Waals surface area contributed by atoms with Crippen molar-refractivity contribution < 1.29 is 14.7 Å². The van der Waals surface area contributed by atoms with Crippen molar-refractivity contribution in [2.24, 2.45) is 0 Å². The average Bonchev–Trinajstić information content (AvgIpc) is 2.17. The van der Waals surface area contributed by atoms with Crippen LogP contribution in [-0.4, -0.2) is 17.0 Å². The van der Waals surface area contributed by atoms with E-state index in [0.29, 0.717) is 12.1 Å². The van der Waals surface area contributed by atoms with Crippen LogP contribution in [0.1, 0.15) is 30.1 Å². The fourth-order valence-corrected chi connectivity index (χ4v) is 1.61. The third kappa shape index (κ3) is 3.34. The number of anilines is 1. The molecule has 16 heavy (non-hydrogen) atoms. The Kier molecular flexibility index (Phi) is 4.49. The molecule has 0 radical (unpaired) electrons. The highest BCUT2D eigenvalue weighted by molar-refractivity contribution is 9.10. The Morgan fingerprint density at radius 3 is 2.69 bits per heavy atom. The van der Waals surface area contributed by atoms with Gasteiger partial charge < -0.3 is 10.4 Å². The molecule has 0 bridgehead atoms. The minimum atomic E-state index is -1.06. The van der Waals surface area contributed by atoms with Crippen LogP contribution in [0.25, 0.3) is 0 Å². The summed E-state index contributed by atoms with van der Waals surface area (Å²) in [5.41, 5.74) is 0.410. The first-order chi connectivity index (χ1) is 7.54. The van der Waals surface area contributed by atoms with E-state index in [2.05, 4.69) is 21.2 Å². The third-order valence-electron chi connectivity index (χ3n) is 1.96. The molecular weight excluding hydrogens is 274 g/mol. The summed E-state index contributed by atoms with van der Waals surface area (Å²) in [5.74, 6) is -1.23. The Balaban J connectivity index is 2.96. The highest BCUT2D eigenvalue weighted by atomic mass is 79.9. The third-order valence-corrected chi connectivity index (χ3v) is 2.46. The number of carboxylic acids is 1. The molecule has 0 aliphatic carbocycles. The maximum Gasteiger partial charge on any atom is 0.337 e. The molecule has 0 aliphatic heterocycles. The summed E-state index contributed by atoms with van der Waals surface area (Å²) in [6.07, 6.45) is 1.10. The highest BCUT2D eigenvalue weighted by Gasteiger charge is 2.12. The van der Waals surface area contributed by atoms with Crippen LogP contribution in [0, 0.1) is 0 Å². The van der Waals surface area contributed by atoms with Crippen LogP contribution in [0.3, 0.4) is 0 Å². The van der Waals surface area contributed by atoms with E-state index in [4.69, 9.17) is 5.11 Å². The Hall–Kier alpha value is -1.36. The molecule has 1 amide bonds. The number of carbonyl (C=O) groups excluding carboxylic acids is 1. The van der Waals surface area contributed by atoms with Gasteiger partial charge in [0.1, 0.15) is 0 Å². The largest absolute Gasteiger partial charge is 0.478 e. The van der Waals surface area contributed by atoms with E-state index in [1.165, 1.54) is 6.07 Å². The first-order valence-electron chi connectivity index (χ1n) is 4.87. The number of aromatic carboxylic acids is 1. The number of carbonyl (C=O) groups is 2. The van der Waals surface area contributed by atoms with Crippen molar-refractivity contribution in [2.45, 2.75) is 19.8 Å². The lowest BCUT2D eigenvalue weighted by Gasteiger charge is -2.08. The summed E-state index contributed by atoms with van der Waals surface area (Å²) >= 11 is 3.23. The van der Waals surface area contributed by atoms with E-state index in [9.17, 15) is 9.59 Å². The van der Waals surface area contributed by atoms with Gasteiger partial charge in [0, 0.05) is 10.9 Å². The SMILES string of the molecule is CCCC(=O)Nc1cc(Br)ccc1C(=O)O. The van der Waals surface area contributed by atoms with Gasteiger partial charge in [0.05, 0.1) is 11.3 Å². The monoisotopic (exact) mass is 285 g/mol. The van der Waals surface area contributed by atoms with Crippen LogP contribution in [-0.2, 0) is 4.79 Å². The number of amides is 1. The normalized spacial score (nSPS) is 9.88. The molecule has 2 N–H and O–H groups in total. The number of nitrogens with one attached hydrogen (secondary N) is 1. The Morgan fingerprint density at radius 1 is 1.44 bits per heavy atom. The molecule has 0 fully saturated rings. The first-order valence-corrected chi connectivity index (χ1v) is 5.66. The summed E-state index contributed by atoms with van der Waals surface area (Å²) in [6, 6.07) is 4.66. The van der Waals surface area contributed by atoms with Crippen molar-refractivity contribution in [3.8, 4) is 0 Å². The minimum Gasteiger partial charge on any atom is -0.478 e. The number of benzene rings is 1. The molecule has 0 heterocycles. The van der Waals surface area contributed by atoms with E-state index in [-0.39, 0.29) is 11.5 Å². The summed E-state index contributed by atoms with van der Waals surface area (Å²) in [4.78, 5) is 22.3. The van der Waals surface area contributed by atoms with E-state index in [0.717, 1.165) is 10.9 Å². The van der Waals surface area contributed by atoms with Gasteiger partial charge >= 0.3 is 5.97 Å². The quantitative estimate of drug-likeness (QED) is 0.894. The Labute approximate surface area is 102 Å². The first kappa shape index (κ1) is 12.7. The Morgan fingerprint density at radius 2 is 2.12 bits per heavy atom. The fourth-order valence-electron chi connectivity index (χ4n) is 1.25. The molecule has 5 heteroatoms. The summed E-state index contributed by atoms with van der Waals surface area (Å²) in [5, 5.41) is 11.5. The molecular formula is C11H12BrNO3. The summed E-state index contributed by atoms with van der Waals surface area (Å²) in [6.45, 7) is 1.89. The number of rotatable bonds is 4. The van der Waals surface area contributed by atoms with Gasteiger partial charge in [0.25, 0.3) is 0 Å². The van der Waals surface area contributed by atoms with Crippen LogP contribution in [0.2, 0.25) is 0 Å². The van der Waals surface area contributed by atoms with Gasteiger partial charge in [-0.15, -0.1) is 0 Å². The van der Waals surface area contributed by atoms with Crippen LogP contribution in [0.4, 0.5) is 5.69 Å². The second-order valence-corrected chi connectivity index (χ2v) is 4.21. The van der Waals surface area contributed by atoms with Crippen LogP contribution < -0.4 is 5.32 Å². The lowest BCUT2D eigenvalue weighted by molar-refractivity contribution is -0.116. The molecule has 0 aliphatic rings. The van der Waals surface area contributed by atoms with Gasteiger partial charge in [-0.05, 0) is 24.6 Å². The van der Waals surface area contributed by atoms with Crippen molar-refractivity contribution in [1.82, 2.24) is 0 Å². The second-order valence-electron chi connectivity index (χ2n) is 3.29. The zero-order valence-electron chi connectivity index (χ0n) is 8.79. The molecule has 0 saturated heterocycles. The predicted octanol–water partition coefficient (Wildman–Crippen LogP) is 2.89. The molecule has 4 nitrogen and oxygen atoms in total. The second kappa shape index (κ2) is 5.65. The van der Waals surface area contributed by atoms with E-state index in [1.54, 1.807) is 12.1 Å². The van der Waals surface area contributed by atoms with Gasteiger partial charge in [0.2, 0.25) is 5.91 Å². The average molecular weight is 286 g/mol. The van der Waals surface area contributed by atoms with Crippen LogP contribution >= 0.6 is 15.9 Å². The van der Waals surface area contributed by atoms with Crippen molar-refractivity contribution in [3.63, 3.8) is 0 Å². The van der Waals surface area contributed by atoms with E-state index < -0.39 is 5.97 Å². The zero-order valence-corrected chi connectivity index (χ0v) is 10.4. The van der Waals surface area contributed by atoms with Gasteiger partial charge in [-0.25, -0.2) is 4.79 Å². The van der Waals surface area contributed by atoms with Crippen LogP contribution in [0.5, 0.6) is 0 Å². The highest BCUT2D eigenvalue weighted by Crippen LogP contribution is 2.21. The van der Waals surface area contributed by atoms with E-state index >= 15 is 0 Å². The number of hydrogen-bond donors (Lipinski definition) is 2. The summed E-state index contributed by atoms with van der Waals surface area (Å²) in [7, 11) is 0. The van der Waals surface area contributed by atoms with Crippen molar-refractivity contribution in [3.05, 3.63) is 28.2 Å². The standard InChI is InChI=1S/C11H12BrNO3/c1-2-3-10(14)13-9-6-7(12)4-5-8(9)11(15)16/h4-6H,2-3H2,1H3,(H,13,14)(H,15,16). The maximum atomic E-state index is 11.4. The molecule has 0 unspecified atom stereocenters. The van der Waals surface area contributed by atoms with E-state index in [1.807, 2.05) is 6.92 Å². The van der Waals surface area contributed by atoms with Gasteiger partial charge in [0.15, 0.2) is 0 Å². The van der Waals surface area contributed by atoms with Crippen molar-refractivity contribution in [1.29, 1.82) is 0 Å². The molecule has 0 spiro atoms. The summed E-state index contributed by atoms with van der Waals surface area (Å²) < 4.78 is 0.726. The number of halogens is 1. The predicted molar refractivity (Wildman–Crippen MR) is 64.6 cm³/mol. The van der Waals surface area contributed by atoms with Gasteiger partial charge in [-0.2, -0.15) is 0 Å². The van der Waals surface area contributed by atoms with Gasteiger partial charge in [-0.3, -0.25) is 4.79 Å². The molecule has 1 aromatic carbocycles. The smallest absolute Gasteiger partial charge is 0.337 e. The maximum absolute atomic E-state index is 11.4. The molecule has 1 aromatic rings. The van der Waals surface area contributed by atoms with Crippen LogP contribution in [0.15, 0.2) is 22.7 Å². The molecule has 1 rings (SSSR count). The van der Waals surface area contributed by atoms with Crippen molar-refractivity contribution >= 4 is 33.5 Å². The molecule has 0 saturated carbocycles. The van der Waals surface area contributed by atoms with Gasteiger partial charge in [-0.1, -0.05) is 22.9 Å². The lowest BCUT2D eigenvalue weighted by atomic mass is 10.1. The minimum absolute atomic E-state index is 0.0904. The van der Waals surface area contributed by atoms with Crippen molar-refractivity contribution in [2.75, 3.05) is 5.32 Å². The number of carboxylic acid groups (broad SMARTS) is 1.